The quantitative estimate of drug-likeness (QED) is 0.496. The maximum Gasteiger partial charge on any atom is 0.0300 e. The molecule has 0 amide bonds. The predicted molar refractivity (Wildman–Crippen MR) is 39.3 cm³/mol. The zero-order valence-electron chi connectivity index (χ0n) is 5.89. The van der Waals surface area contributed by atoms with Gasteiger partial charge in [-0.3, -0.25) is 0 Å². The third kappa shape index (κ3) is 1.88. The molecule has 0 unspecified atom stereocenters. The van der Waals surface area contributed by atoms with Crippen LogP contribution in [0, 0.1) is 0 Å². The standard InChI is InChI=1S/C8H11N/c1-9(2)7-8-5-3-4-6-8/h3-5H,7H2,1-2H3. The average Bonchev–Trinajstić information content (AvgIpc) is 2.15. The molecule has 48 valence electrons. The lowest BCUT2D eigenvalue weighted by molar-refractivity contribution is 0.449. The van der Waals surface area contributed by atoms with E-state index in [-0.39, 0.29) is 0 Å². The van der Waals surface area contributed by atoms with Gasteiger partial charge in [0, 0.05) is 12.1 Å². The molecule has 1 aliphatic carbocycles. The van der Waals surface area contributed by atoms with Crippen molar-refractivity contribution in [2.75, 3.05) is 20.6 Å². The summed E-state index contributed by atoms with van der Waals surface area (Å²) in [6.45, 7) is 0.993. The van der Waals surface area contributed by atoms with E-state index in [1.807, 2.05) is 12.2 Å². The van der Waals surface area contributed by atoms with Gasteiger partial charge in [-0.25, -0.2) is 0 Å². The summed E-state index contributed by atoms with van der Waals surface area (Å²) < 4.78 is 0. The number of rotatable bonds is 2. The van der Waals surface area contributed by atoms with Crippen LogP contribution in [0.15, 0.2) is 29.5 Å². The fourth-order valence-electron chi connectivity index (χ4n) is 0.807. The number of nitrogens with zero attached hydrogens (tertiary/aromatic N) is 1. The summed E-state index contributed by atoms with van der Waals surface area (Å²) in [5.41, 5.74) is 4.39. The van der Waals surface area contributed by atoms with E-state index in [9.17, 15) is 0 Å². The van der Waals surface area contributed by atoms with Crippen LogP contribution >= 0.6 is 0 Å². The van der Waals surface area contributed by atoms with Gasteiger partial charge in [0.15, 0.2) is 0 Å². The molecule has 0 fully saturated rings. The van der Waals surface area contributed by atoms with Crippen molar-refractivity contribution in [2.24, 2.45) is 0 Å². The molecule has 0 spiro atoms. The number of likely N-dealkylation sites (N-methyl/N-ethyl adjacent to an activating group) is 1. The Morgan fingerprint density at radius 1 is 1.56 bits per heavy atom. The number of hydrogen-bond donors (Lipinski definition) is 0. The van der Waals surface area contributed by atoms with E-state index in [1.165, 1.54) is 5.57 Å². The number of allylic oxidation sites excluding steroid dienone is 1. The van der Waals surface area contributed by atoms with E-state index in [0.29, 0.717) is 0 Å². The van der Waals surface area contributed by atoms with Gasteiger partial charge in [-0.05, 0) is 26.2 Å². The largest absolute Gasteiger partial charge is 0.305 e. The second-order valence-corrected chi connectivity index (χ2v) is 2.43. The molecule has 0 aromatic rings. The monoisotopic (exact) mass is 121 g/mol. The van der Waals surface area contributed by atoms with Crippen molar-refractivity contribution in [3.05, 3.63) is 29.5 Å². The fraction of sp³-hybridized carbons (Fsp3) is 0.375. The molecular formula is C8H11N. The molecule has 1 aliphatic rings. The third-order valence-electron chi connectivity index (χ3n) is 1.15. The molecule has 0 aromatic heterocycles. The molecule has 0 aliphatic heterocycles. The van der Waals surface area contributed by atoms with Crippen molar-refractivity contribution in [1.29, 1.82) is 0 Å². The highest BCUT2D eigenvalue weighted by Crippen LogP contribution is 2.01. The summed E-state index contributed by atoms with van der Waals surface area (Å²) in [6.07, 6.45) is 6.04. The molecule has 0 atom stereocenters. The van der Waals surface area contributed by atoms with Gasteiger partial charge in [0.1, 0.15) is 0 Å². The Labute approximate surface area is 56.0 Å². The maximum atomic E-state index is 3.13. The van der Waals surface area contributed by atoms with Gasteiger partial charge in [0.25, 0.3) is 0 Å². The van der Waals surface area contributed by atoms with Crippen LogP contribution in [0.25, 0.3) is 0 Å². The molecule has 1 rings (SSSR count). The summed E-state index contributed by atoms with van der Waals surface area (Å²) in [5, 5.41) is 0. The number of hydrogen-bond acceptors (Lipinski definition) is 1. The Morgan fingerprint density at radius 2 is 2.33 bits per heavy atom. The first-order chi connectivity index (χ1) is 4.29. The van der Waals surface area contributed by atoms with Crippen LogP contribution in [0.3, 0.4) is 0 Å². The smallest absolute Gasteiger partial charge is 0.0300 e. The van der Waals surface area contributed by atoms with Gasteiger partial charge < -0.3 is 4.90 Å². The average molecular weight is 121 g/mol. The highest BCUT2D eigenvalue weighted by atomic mass is 15.0. The maximum absolute atomic E-state index is 3.13. The van der Waals surface area contributed by atoms with E-state index < -0.39 is 0 Å². The highest BCUT2D eigenvalue weighted by Gasteiger charge is 1.94. The van der Waals surface area contributed by atoms with Crippen LogP contribution in [0.5, 0.6) is 0 Å². The van der Waals surface area contributed by atoms with Crippen LogP contribution in [0.1, 0.15) is 0 Å². The Hall–Kier alpha value is -0.780. The van der Waals surface area contributed by atoms with Gasteiger partial charge in [-0.1, -0.05) is 6.08 Å². The molecule has 1 heteroatoms. The molecular weight excluding hydrogens is 110 g/mol. The summed E-state index contributed by atoms with van der Waals surface area (Å²) in [5.74, 6) is 0. The van der Waals surface area contributed by atoms with Gasteiger partial charge in [0.05, 0.1) is 0 Å². The second kappa shape index (κ2) is 2.67. The van der Waals surface area contributed by atoms with Crippen LogP contribution in [-0.4, -0.2) is 25.5 Å². The Bertz CT molecular complexity index is 181. The van der Waals surface area contributed by atoms with Crippen LogP contribution in [0.4, 0.5) is 0 Å². The van der Waals surface area contributed by atoms with Gasteiger partial charge >= 0.3 is 0 Å². The summed E-state index contributed by atoms with van der Waals surface area (Å²) in [4.78, 5) is 2.13. The summed E-state index contributed by atoms with van der Waals surface area (Å²) >= 11 is 0. The lowest BCUT2D eigenvalue weighted by Gasteiger charge is -2.06. The Balaban J connectivity index is 2.46. The van der Waals surface area contributed by atoms with Crippen molar-refractivity contribution in [1.82, 2.24) is 4.90 Å². The molecule has 0 saturated carbocycles. The fourth-order valence-corrected chi connectivity index (χ4v) is 0.807. The van der Waals surface area contributed by atoms with E-state index in [2.05, 4.69) is 30.8 Å². The predicted octanol–water partition coefficient (Wildman–Crippen LogP) is 1.20. The zero-order chi connectivity index (χ0) is 6.69. The Morgan fingerprint density at radius 3 is 2.78 bits per heavy atom. The summed E-state index contributed by atoms with van der Waals surface area (Å²) in [6, 6.07) is 0. The highest BCUT2D eigenvalue weighted by molar-refractivity contribution is 5.29. The summed E-state index contributed by atoms with van der Waals surface area (Å²) in [7, 11) is 4.11. The van der Waals surface area contributed by atoms with Crippen LogP contribution < -0.4 is 0 Å². The minimum atomic E-state index is 0.993. The minimum absolute atomic E-state index is 0.993. The van der Waals surface area contributed by atoms with Crippen LogP contribution in [-0.2, 0) is 0 Å². The lowest BCUT2D eigenvalue weighted by Crippen LogP contribution is -2.13. The molecule has 9 heavy (non-hydrogen) atoms. The molecule has 0 heterocycles. The first kappa shape index (κ1) is 6.34. The van der Waals surface area contributed by atoms with Crippen molar-refractivity contribution in [3.8, 4) is 0 Å². The van der Waals surface area contributed by atoms with Gasteiger partial charge in [-0.2, -0.15) is 0 Å². The van der Waals surface area contributed by atoms with E-state index in [0.717, 1.165) is 6.54 Å². The molecule has 0 radical (unpaired) electrons. The minimum Gasteiger partial charge on any atom is -0.305 e. The van der Waals surface area contributed by atoms with Crippen molar-refractivity contribution in [2.45, 2.75) is 0 Å². The third-order valence-corrected chi connectivity index (χ3v) is 1.15. The van der Waals surface area contributed by atoms with Gasteiger partial charge in [0.2, 0.25) is 0 Å². The van der Waals surface area contributed by atoms with Crippen molar-refractivity contribution >= 4 is 0 Å². The van der Waals surface area contributed by atoms with Crippen molar-refractivity contribution in [3.63, 3.8) is 0 Å². The van der Waals surface area contributed by atoms with E-state index in [1.54, 1.807) is 0 Å². The molecule has 0 saturated heterocycles. The second-order valence-electron chi connectivity index (χ2n) is 2.43. The van der Waals surface area contributed by atoms with E-state index >= 15 is 0 Å². The topological polar surface area (TPSA) is 3.24 Å². The molecule has 0 bridgehead atoms. The molecule has 1 nitrogen and oxygen atoms in total. The van der Waals surface area contributed by atoms with E-state index in [4.69, 9.17) is 0 Å². The zero-order valence-corrected chi connectivity index (χ0v) is 5.89. The molecule has 0 aromatic carbocycles. The first-order valence-electron chi connectivity index (χ1n) is 3.06. The molecule has 0 N–H and O–H groups in total. The van der Waals surface area contributed by atoms with Crippen molar-refractivity contribution < 1.29 is 0 Å². The normalized spacial score (nSPS) is 15.2. The SMILES string of the molecule is CN(C)CC1=C=CC=C1. The first-order valence-corrected chi connectivity index (χ1v) is 3.06. The lowest BCUT2D eigenvalue weighted by atomic mass is 10.3. The Kier molecular flexibility index (Phi) is 1.88. The van der Waals surface area contributed by atoms with Crippen LogP contribution in [0.2, 0.25) is 0 Å². The van der Waals surface area contributed by atoms with Gasteiger partial charge in [-0.15, -0.1) is 5.73 Å².